The molecule has 0 aliphatic heterocycles. The Kier molecular flexibility index (Phi) is 3.17. The molecule has 92 valence electrons. The van der Waals surface area contributed by atoms with Gasteiger partial charge in [-0.05, 0) is 43.2 Å². The molecule has 0 spiro atoms. The molecule has 0 radical (unpaired) electrons. The van der Waals surface area contributed by atoms with Crippen molar-refractivity contribution >= 4 is 0 Å². The predicted molar refractivity (Wildman–Crippen MR) is 69.1 cm³/mol. The van der Waals surface area contributed by atoms with Gasteiger partial charge in [0, 0.05) is 12.0 Å². The molecule has 17 heavy (non-hydrogen) atoms. The van der Waals surface area contributed by atoms with Gasteiger partial charge in [-0.25, -0.2) is 0 Å². The molecular weight excluding hydrogens is 210 g/mol. The van der Waals surface area contributed by atoms with Gasteiger partial charge in [-0.3, -0.25) is 0 Å². The molecule has 0 bridgehead atoms. The van der Waals surface area contributed by atoms with Crippen LogP contribution in [-0.2, 0) is 11.2 Å². The quantitative estimate of drug-likeness (QED) is 0.868. The summed E-state index contributed by atoms with van der Waals surface area (Å²) in [6.07, 6.45) is 6.25. The van der Waals surface area contributed by atoms with E-state index in [1.165, 1.54) is 36.8 Å². The van der Waals surface area contributed by atoms with Crippen LogP contribution in [0, 0.1) is 0 Å². The van der Waals surface area contributed by atoms with Crippen molar-refractivity contribution in [2.24, 2.45) is 5.73 Å². The van der Waals surface area contributed by atoms with Gasteiger partial charge in [0.25, 0.3) is 0 Å². The third-order valence-corrected chi connectivity index (χ3v) is 4.16. The fourth-order valence-corrected chi connectivity index (χ4v) is 3.10. The molecule has 3 rings (SSSR count). The average Bonchev–Trinajstić information content (AvgIpc) is 2.30. The molecular formula is C15H21NO. The monoisotopic (exact) mass is 231 g/mol. The van der Waals surface area contributed by atoms with Gasteiger partial charge in [-0.2, -0.15) is 0 Å². The Morgan fingerprint density at radius 1 is 1.24 bits per heavy atom. The van der Waals surface area contributed by atoms with E-state index < -0.39 is 0 Å². The van der Waals surface area contributed by atoms with Crippen LogP contribution in [0.2, 0.25) is 0 Å². The largest absolute Gasteiger partial charge is 0.378 e. The lowest BCUT2D eigenvalue weighted by Crippen LogP contribution is -2.34. The molecule has 2 nitrogen and oxygen atoms in total. The predicted octanol–water partition coefficient (Wildman–Crippen LogP) is 2.61. The van der Waals surface area contributed by atoms with Crippen molar-refractivity contribution in [3.05, 3.63) is 35.4 Å². The summed E-state index contributed by atoms with van der Waals surface area (Å²) in [6.45, 7) is 0.883. The highest BCUT2D eigenvalue weighted by molar-refractivity contribution is 5.39. The highest BCUT2D eigenvalue weighted by Gasteiger charge is 2.27. The lowest BCUT2D eigenvalue weighted by molar-refractivity contribution is 0.0127. The normalized spacial score (nSPS) is 31.7. The molecule has 3 unspecified atom stereocenters. The SMILES string of the molecule is NC1CCCC(OCC2Cc3ccccc32)C1. The lowest BCUT2D eigenvalue weighted by atomic mass is 9.78. The number of benzene rings is 1. The fraction of sp³-hybridized carbons (Fsp3) is 0.600. The molecule has 1 aromatic rings. The topological polar surface area (TPSA) is 35.2 Å². The summed E-state index contributed by atoms with van der Waals surface area (Å²) < 4.78 is 6.03. The Bertz CT molecular complexity index is 390. The van der Waals surface area contributed by atoms with Crippen LogP contribution in [0.4, 0.5) is 0 Å². The van der Waals surface area contributed by atoms with Gasteiger partial charge in [-0.1, -0.05) is 24.3 Å². The van der Waals surface area contributed by atoms with Crippen LogP contribution < -0.4 is 5.73 Å². The molecule has 2 aliphatic rings. The first-order chi connectivity index (χ1) is 8.33. The van der Waals surface area contributed by atoms with Crippen LogP contribution in [-0.4, -0.2) is 18.8 Å². The first-order valence-corrected chi connectivity index (χ1v) is 6.78. The maximum Gasteiger partial charge on any atom is 0.0590 e. The molecule has 1 aromatic carbocycles. The van der Waals surface area contributed by atoms with Crippen molar-refractivity contribution in [3.8, 4) is 0 Å². The van der Waals surface area contributed by atoms with Crippen LogP contribution in [0.5, 0.6) is 0 Å². The number of rotatable bonds is 3. The van der Waals surface area contributed by atoms with Gasteiger partial charge in [0.1, 0.15) is 0 Å². The zero-order valence-electron chi connectivity index (χ0n) is 10.3. The number of ether oxygens (including phenoxy) is 1. The Morgan fingerprint density at radius 2 is 2.12 bits per heavy atom. The zero-order valence-corrected chi connectivity index (χ0v) is 10.3. The Morgan fingerprint density at radius 3 is 2.94 bits per heavy atom. The maximum atomic E-state index is 6.03. The van der Waals surface area contributed by atoms with E-state index in [0.29, 0.717) is 18.1 Å². The minimum atomic E-state index is 0.363. The summed E-state index contributed by atoms with van der Waals surface area (Å²) in [4.78, 5) is 0. The van der Waals surface area contributed by atoms with Crippen LogP contribution >= 0.6 is 0 Å². The average molecular weight is 231 g/mol. The smallest absolute Gasteiger partial charge is 0.0590 e. The molecule has 2 N–H and O–H groups in total. The summed E-state index contributed by atoms with van der Waals surface area (Å²) in [5.74, 6) is 0.629. The van der Waals surface area contributed by atoms with Crippen LogP contribution in [0.3, 0.4) is 0 Å². The second-order valence-corrected chi connectivity index (χ2v) is 5.48. The van der Waals surface area contributed by atoms with Crippen molar-refractivity contribution < 1.29 is 4.74 Å². The van der Waals surface area contributed by atoms with Crippen LogP contribution in [0.25, 0.3) is 0 Å². The summed E-state index contributed by atoms with van der Waals surface area (Å²) >= 11 is 0. The minimum Gasteiger partial charge on any atom is -0.378 e. The van der Waals surface area contributed by atoms with Gasteiger partial charge < -0.3 is 10.5 Å². The summed E-state index contributed by atoms with van der Waals surface area (Å²) in [5, 5.41) is 0. The second-order valence-electron chi connectivity index (χ2n) is 5.48. The third kappa shape index (κ3) is 2.38. The molecule has 3 atom stereocenters. The van der Waals surface area contributed by atoms with Gasteiger partial charge in [-0.15, -0.1) is 0 Å². The molecule has 2 heteroatoms. The van der Waals surface area contributed by atoms with E-state index >= 15 is 0 Å². The van der Waals surface area contributed by atoms with E-state index in [4.69, 9.17) is 10.5 Å². The van der Waals surface area contributed by atoms with Crippen LogP contribution in [0.15, 0.2) is 24.3 Å². The first-order valence-electron chi connectivity index (χ1n) is 6.78. The van der Waals surface area contributed by atoms with Gasteiger partial charge in [0.15, 0.2) is 0 Å². The van der Waals surface area contributed by atoms with Crippen molar-refractivity contribution in [2.45, 2.75) is 50.2 Å². The summed E-state index contributed by atoms with van der Waals surface area (Å²) in [7, 11) is 0. The number of hydrogen-bond acceptors (Lipinski definition) is 2. The van der Waals surface area contributed by atoms with E-state index in [1.807, 2.05) is 0 Å². The van der Waals surface area contributed by atoms with Crippen LogP contribution in [0.1, 0.15) is 42.7 Å². The van der Waals surface area contributed by atoms with E-state index in [-0.39, 0.29) is 0 Å². The van der Waals surface area contributed by atoms with E-state index in [2.05, 4.69) is 24.3 Å². The third-order valence-electron chi connectivity index (χ3n) is 4.16. The Hall–Kier alpha value is -0.860. The highest BCUT2D eigenvalue weighted by Crippen LogP contribution is 2.35. The van der Waals surface area contributed by atoms with E-state index in [1.54, 1.807) is 0 Å². The van der Waals surface area contributed by atoms with E-state index in [0.717, 1.165) is 13.0 Å². The zero-order chi connectivity index (χ0) is 11.7. The summed E-state index contributed by atoms with van der Waals surface area (Å²) in [6, 6.07) is 9.07. The fourth-order valence-electron chi connectivity index (χ4n) is 3.10. The standard InChI is InChI=1S/C15H21NO/c16-13-5-3-6-14(9-13)17-10-12-8-11-4-1-2-7-15(11)12/h1-2,4,7,12-14H,3,5-6,8-10,16H2. The molecule has 0 saturated heterocycles. The molecule has 0 amide bonds. The van der Waals surface area contributed by atoms with E-state index in [9.17, 15) is 0 Å². The Labute approximate surface area is 103 Å². The van der Waals surface area contributed by atoms with Crippen molar-refractivity contribution in [1.29, 1.82) is 0 Å². The summed E-state index contributed by atoms with van der Waals surface area (Å²) in [5.41, 5.74) is 8.97. The first kappa shape index (κ1) is 11.2. The molecule has 1 saturated carbocycles. The number of hydrogen-bond donors (Lipinski definition) is 1. The number of fused-ring (bicyclic) bond motifs is 1. The molecule has 0 heterocycles. The van der Waals surface area contributed by atoms with Crippen molar-refractivity contribution in [2.75, 3.05) is 6.61 Å². The molecule has 0 aromatic heterocycles. The van der Waals surface area contributed by atoms with Crippen molar-refractivity contribution in [1.82, 2.24) is 0 Å². The maximum absolute atomic E-state index is 6.03. The van der Waals surface area contributed by atoms with Gasteiger partial charge in [0.2, 0.25) is 0 Å². The minimum absolute atomic E-state index is 0.363. The second kappa shape index (κ2) is 4.79. The molecule has 2 aliphatic carbocycles. The van der Waals surface area contributed by atoms with Gasteiger partial charge in [0.05, 0.1) is 12.7 Å². The highest BCUT2D eigenvalue weighted by atomic mass is 16.5. The lowest BCUT2D eigenvalue weighted by Gasteiger charge is -2.33. The Balaban J connectivity index is 1.50. The number of nitrogens with two attached hydrogens (primary N) is 1. The molecule has 1 fully saturated rings. The van der Waals surface area contributed by atoms with Gasteiger partial charge >= 0.3 is 0 Å². The van der Waals surface area contributed by atoms with Crippen molar-refractivity contribution in [3.63, 3.8) is 0 Å².